The minimum atomic E-state index is -0.370. The number of amides is 1. The van der Waals surface area contributed by atoms with Gasteiger partial charge in [0.25, 0.3) is 11.6 Å². The van der Waals surface area contributed by atoms with E-state index in [1.165, 1.54) is 0 Å². The number of nitro benzene ring substituents is 1. The van der Waals surface area contributed by atoms with Gasteiger partial charge in [0, 0.05) is 54.6 Å². The minimum Gasteiger partial charge on any atom is -0.373 e. The summed E-state index contributed by atoms with van der Waals surface area (Å²) in [5.41, 5.74) is 3.03. The van der Waals surface area contributed by atoms with Crippen molar-refractivity contribution in [2.45, 2.75) is 13.0 Å². The molecule has 1 amide bonds. The number of nitro groups is 1. The molecule has 33 heavy (non-hydrogen) atoms. The van der Waals surface area contributed by atoms with E-state index in [1.807, 2.05) is 48.2 Å². The number of carbonyl (C=O) groups is 1. The maximum absolute atomic E-state index is 12.8. The van der Waals surface area contributed by atoms with E-state index in [4.69, 9.17) is 11.6 Å². The standard InChI is InChI=1S/C25H25ClN4O3/c1-18(19-6-3-2-4-7-19)27-23-17-22(10-11-24(23)30(32)33)28-12-14-29(15-13-28)25(31)20-8-5-9-21(26)16-20/h2-11,16-18,27H,12-15H2,1H3/t18-/m1/s1. The van der Waals surface area contributed by atoms with Gasteiger partial charge >= 0.3 is 0 Å². The molecule has 0 radical (unpaired) electrons. The van der Waals surface area contributed by atoms with E-state index in [9.17, 15) is 14.9 Å². The van der Waals surface area contributed by atoms with Gasteiger partial charge in [-0.3, -0.25) is 14.9 Å². The molecule has 1 aliphatic heterocycles. The molecule has 3 aromatic rings. The summed E-state index contributed by atoms with van der Waals surface area (Å²) in [4.78, 5) is 28.0. The number of benzene rings is 3. The fourth-order valence-corrected chi connectivity index (χ4v) is 4.22. The summed E-state index contributed by atoms with van der Waals surface area (Å²) in [6.07, 6.45) is 0. The van der Waals surface area contributed by atoms with Crippen LogP contribution in [0.3, 0.4) is 0 Å². The zero-order chi connectivity index (χ0) is 23.4. The third-order valence-electron chi connectivity index (χ3n) is 5.85. The fourth-order valence-electron chi connectivity index (χ4n) is 4.03. The van der Waals surface area contributed by atoms with Crippen LogP contribution in [-0.2, 0) is 0 Å². The van der Waals surface area contributed by atoms with E-state index >= 15 is 0 Å². The van der Waals surface area contributed by atoms with Gasteiger partial charge in [-0.15, -0.1) is 0 Å². The highest BCUT2D eigenvalue weighted by molar-refractivity contribution is 6.30. The number of carbonyl (C=O) groups excluding carboxylic acids is 1. The summed E-state index contributed by atoms with van der Waals surface area (Å²) in [6.45, 7) is 4.37. The number of piperazine rings is 1. The second kappa shape index (κ2) is 9.92. The lowest BCUT2D eigenvalue weighted by Crippen LogP contribution is -2.48. The van der Waals surface area contributed by atoms with Gasteiger partial charge in [-0.25, -0.2) is 0 Å². The summed E-state index contributed by atoms with van der Waals surface area (Å²) in [7, 11) is 0. The number of nitrogens with one attached hydrogen (secondary N) is 1. The zero-order valence-corrected chi connectivity index (χ0v) is 19.0. The van der Waals surface area contributed by atoms with Crippen LogP contribution in [0.4, 0.5) is 17.1 Å². The van der Waals surface area contributed by atoms with E-state index in [2.05, 4.69) is 10.2 Å². The van der Waals surface area contributed by atoms with Crippen LogP contribution in [0.15, 0.2) is 72.8 Å². The fraction of sp³-hybridized carbons (Fsp3) is 0.240. The van der Waals surface area contributed by atoms with E-state index in [1.54, 1.807) is 36.4 Å². The molecule has 1 N–H and O–H groups in total. The molecule has 170 valence electrons. The van der Waals surface area contributed by atoms with Crippen molar-refractivity contribution >= 4 is 34.6 Å². The molecule has 1 fully saturated rings. The molecule has 4 rings (SSSR count). The SMILES string of the molecule is C[C@@H](Nc1cc(N2CCN(C(=O)c3cccc(Cl)c3)CC2)ccc1[N+](=O)[O-])c1ccccc1. The molecule has 3 aromatic carbocycles. The van der Waals surface area contributed by atoms with Crippen LogP contribution in [0.5, 0.6) is 0 Å². The first-order valence-corrected chi connectivity index (χ1v) is 11.2. The Morgan fingerprint density at radius 2 is 1.73 bits per heavy atom. The molecule has 0 aromatic heterocycles. The monoisotopic (exact) mass is 464 g/mol. The van der Waals surface area contributed by atoms with Crippen molar-refractivity contribution in [3.8, 4) is 0 Å². The Morgan fingerprint density at radius 3 is 2.39 bits per heavy atom. The minimum absolute atomic E-state index is 0.0382. The summed E-state index contributed by atoms with van der Waals surface area (Å²) in [5.74, 6) is -0.0418. The van der Waals surface area contributed by atoms with Crippen LogP contribution in [0.2, 0.25) is 5.02 Å². The van der Waals surface area contributed by atoms with Gasteiger partial charge in [-0.05, 0) is 42.8 Å². The van der Waals surface area contributed by atoms with Gasteiger partial charge < -0.3 is 15.1 Å². The lowest BCUT2D eigenvalue weighted by molar-refractivity contribution is -0.384. The molecule has 0 unspecified atom stereocenters. The Labute approximate surface area is 197 Å². The van der Waals surface area contributed by atoms with Gasteiger partial charge in [0.1, 0.15) is 5.69 Å². The summed E-state index contributed by atoms with van der Waals surface area (Å²) < 4.78 is 0. The number of rotatable bonds is 6. The van der Waals surface area contributed by atoms with Gasteiger partial charge in [0.15, 0.2) is 0 Å². The van der Waals surface area contributed by atoms with Crippen LogP contribution in [0, 0.1) is 10.1 Å². The largest absolute Gasteiger partial charge is 0.373 e. The topological polar surface area (TPSA) is 78.7 Å². The van der Waals surface area contributed by atoms with Gasteiger partial charge in [-0.2, -0.15) is 0 Å². The molecule has 0 spiro atoms. The molecule has 1 atom stereocenters. The normalized spacial score (nSPS) is 14.6. The first-order chi connectivity index (χ1) is 15.9. The molecule has 1 saturated heterocycles. The van der Waals surface area contributed by atoms with Crippen molar-refractivity contribution in [1.82, 2.24) is 4.90 Å². The smallest absolute Gasteiger partial charge is 0.292 e. The van der Waals surface area contributed by atoms with Crippen molar-refractivity contribution in [3.63, 3.8) is 0 Å². The summed E-state index contributed by atoms with van der Waals surface area (Å²) >= 11 is 6.02. The Bertz CT molecular complexity index is 1150. The van der Waals surface area contributed by atoms with Gasteiger partial charge in [0.05, 0.1) is 4.92 Å². The number of halogens is 1. The van der Waals surface area contributed by atoms with Gasteiger partial charge in [-0.1, -0.05) is 48.0 Å². The van der Waals surface area contributed by atoms with Gasteiger partial charge in [0.2, 0.25) is 0 Å². The molecular formula is C25H25ClN4O3. The van der Waals surface area contributed by atoms with E-state index in [0.29, 0.717) is 42.5 Å². The second-order valence-electron chi connectivity index (χ2n) is 8.02. The van der Waals surface area contributed by atoms with Crippen LogP contribution in [0.1, 0.15) is 28.9 Å². The molecule has 0 saturated carbocycles. The maximum atomic E-state index is 12.8. The molecule has 7 nitrogen and oxygen atoms in total. The average molecular weight is 465 g/mol. The summed E-state index contributed by atoms with van der Waals surface area (Å²) in [6, 6.07) is 21.8. The number of hydrogen-bond acceptors (Lipinski definition) is 5. The molecule has 1 aliphatic rings. The Hall–Kier alpha value is -3.58. The highest BCUT2D eigenvalue weighted by Crippen LogP contribution is 2.33. The maximum Gasteiger partial charge on any atom is 0.292 e. The highest BCUT2D eigenvalue weighted by Gasteiger charge is 2.24. The average Bonchev–Trinajstić information content (AvgIpc) is 2.84. The second-order valence-corrected chi connectivity index (χ2v) is 8.46. The Kier molecular flexibility index (Phi) is 6.79. The third-order valence-corrected chi connectivity index (χ3v) is 6.09. The summed E-state index contributed by atoms with van der Waals surface area (Å²) in [5, 5.41) is 15.4. The van der Waals surface area contributed by atoms with Crippen molar-refractivity contribution in [1.29, 1.82) is 0 Å². The lowest BCUT2D eigenvalue weighted by atomic mass is 10.1. The van der Waals surface area contributed by atoms with E-state index in [0.717, 1.165) is 11.3 Å². The number of nitrogens with zero attached hydrogens (tertiary/aromatic N) is 3. The molecule has 8 heteroatoms. The number of hydrogen-bond donors (Lipinski definition) is 1. The number of anilines is 2. The van der Waals surface area contributed by atoms with Crippen molar-refractivity contribution < 1.29 is 9.72 Å². The third kappa shape index (κ3) is 5.26. The zero-order valence-electron chi connectivity index (χ0n) is 18.3. The van der Waals surface area contributed by atoms with Crippen LogP contribution in [-0.4, -0.2) is 41.9 Å². The van der Waals surface area contributed by atoms with Crippen molar-refractivity contribution in [2.24, 2.45) is 0 Å². The Balaban J connectivity index is 1.47. The molecule has 0 bridgehead atoms. The first-order valence-electron chi connectivity index (χ1n) is 10.8. The van der Waals surface area contributed by atoms with E-state index < -0.39 is 0 Å². The predicted octanol–water partition coefficient (Wildman–Crippen LogP) is 5.38. The van der Waals surface area contributed by atoms with Crippen LogP contribution >= 0.6 is 11.6 Å². The van der Waals surface area contributed by atoms with E-state index in [-0.39, 0.29) is 22.6 Å². The van der Waals surface area contributed by atoms with Crippen molar-refractivity contribution in [3.05, 3.63) is 99.1 Å². The first kappa shape index (κ1) is 22.6. The van der Waals surface area contributed by atoms with Crippen LogP contribution < -0.4 is 10.2 Å². The highest BCUT2D eigenvalue weighted by atomic mass is 35.5. The molecular weight excluding hydrogens is 440 g/mol. The molecule has 0 aliphatic carbocycles. The predicted molar refractivity (Wildman–Crippen MR) is 131 cm³/mol. The van der Waals surface area contributed by atoms with Crippen molar-refractivity contribution in [2.75, 3.05) is 36.4 Å². The lowest BCUT2D eigenvalue weighted by Gasteiger charge is -2.36. The Morgan fingerprint density at radius 1 is 1.00 bits per heavy atom. The molecule has 1 heterocycles. The quantitative estimate of drug-likeness (QED) is 0.391. The van der Waals surface area contributed by atoms with Crippen LogP contribution in [0.25, 0.3) is 0 Å².